The van der Waals surface area contributed by atoms with Gasteiger partial charge in [0.2, 0.25) is 5.91 Å². The maximum Gasteiger partial charge on any atom is 0.256 e. The average Bonchev–Trinajstić information content (AvgIpc) is 3.50. The quantitative estimate of drug-likeness (QED) is 0.287. The maximum absolute atomic E-state index is 13.0. The predicted octanol–water partition coefficient (Wildman–Crippen LogP) is 6.38. The highest BCUT2D eigenvalue weighted by Crippen LogP contribution is 2.33. The van der Waals surface area contributed by atoms with Crippen LogP contribution in [0, 0.1) is 0 Å². The number of aromatic nitrogens is 1. The van der Waals surface area contributed by atoms with Crippen LogP contribution in [0.4, 0.5) is 11.4 Å². The Kier molecular flexibility index (Phi) is 5.72. The number of hydrogen-bond acceptors (Lipinski definition) is 5. The number of anilines is 2. The zero-order valence-electron chi connectivity index (χ0n) is 18.7. The molecule has 2 amide bonds. The van der Waals surface area contributed by atoms with Crippen LogP contribution in [0.1, 0.15) is 15.9 Å². The molecule has 6 rings (SSSR count). The molecule has 172 valence electrons. The standard InChI is InChI=1S/C28H21N3O2S2/c32-26(31-15-14-19-7-2-4-11-24(19)31)17-34-28-30-23-13-12-20(16-25(23)35-28)29-27(33)22-10-5-8-18-6-1-3-9-21(18)22/h1-13,16H,14-15,17H2,(H,29,33). The van der Waals surface area contributed by atoms with Gasteiger partial charge in [-0.05, 0) is 53.1 Å². The summed E-state index contributed by atoms with van der Waals surface area (Å²) in [5, 5.41) is 4.98. The van der Waals surface area contributed by atoms with Gasteiger partial charge in [-0.3, -0.25) is 9.59 Å². The van der Waals surface area contributed by atoms with Crippen molar-refractivity contribution >= 4 is 67.3 Å². The monoisotopic (exact) mass is 495 g/mol. The third-order valence-electron chi connectivity index (χ3n) is 6.17. The highest BCUT2D eigenvalue weighted by atomic mass is 32.2. The van der Waals surface area contributed by atoms with Crippen LogP contribution in [0.3, 0.4) is 0 Å². The number of nitrogens with one attached hydrogen (secondary N) is 1. The molecule has 7 heteroatoms. The molecule has 1 aliphatic rings. The van der Waals surface area contributed by atoms with Crippen molar-refractivity contribution in [1.82, 2.24) is 4.98 Å². The number of para-hydroxylation sites is 1. The van der Waals surface area contributed by atoms with Crippen molar-refractivity contribution in [3.63, 3.8) is 0 Å². The molecule has 0 fully saturated rings. The highest BCUT2D eigenvalue weighted by molar-refractivity contribution is 8.01. The Hall–Kier alpha value is -3.68. The summed E-state index contributed by atoms with van der Waals surface area (Å²) in [5.74, 6) is 0.303. The molecular weight excluding hydrogens is 474 g/mol. The molecule has 0 unspecified atom stereocenters. The Morgan fingerprint density at radius 1 is 0.971 bits per heavy atom. The molecule has 0 atom stereocenters. The Morgan fingerprint density at radius 3 is 2.74 bits per heavy atom. The number of thiazole rings is 1. The van der Waals surface area contributed by atoms with Crippen LogP contribution in [0.2, 0.25) is 0 Å². The summed E-state index contributed by atoms with van der Waals surface area (Å²) >= 11 is 3.00. The Bertz CT molecular complexity index is 1590. The third-order valence-corrected chi connectivity index (χ3v) is 8.31. The van der Waals surface area contributed by atoms with E-state index in [0.29, 0.717) is 11.3 Å². The Balaban J connectivity index is 1.15. The first-order valence-corrected chi connectivity index (χ1v) is 13.2. The van der Waals surface area contributed by atoms with Crippen molar-refractivity contribution in [2.75, 3.05) is 22.5 Å². The largest absolute Gasteiger partial charge is 0.322 e. The smallest absolute Gasteiger partial charge is 0.256 e. The molecule has 0 spiro atoms. The van der Waals surface area contributed by atoms with Crippen LogP contribution in [0.15, 0.2) is 89.3 Å². The van der Waals surface area contributed by atoms with Gasteiger partial charge in [-0.15, -0.1) is 11.3 Å². The number of fused-ring (bicyclic) bond motifs is 3. The van der Waals surface area contributed by atoms with Crippen molar-refractivity contribution in [1.29, 1.82) is 0 Å². The number of carbonyl (C=O) groups is 2. The van der Waals surface area contributed by atoms with Gasteiger partial charge < -0.3 is 10.2 Å². The minimum atomic E-state index is -0.142. The van der Waals surface area contributed by atoms with E-state index in [1.54, 1.807) is 0 Å². The number of nitrogens with zero attached hydrogens (tertiary/aromatic N) is 2. The van der Waals surface area contributed by atoms with E-state index < -0.39 is 0 Å². The summed E-state index contributed by atoms with van der Waals surface area (Å²) in [6.07, 6.45) is 0.904. The lowest BCUT2D eigenvalue weighted by Crippen LogP contribution is -2.30. The number of amides is 2. The minimum absolute atomic E-state index is 0.0993. The first-order valence-electron chi connectivity index (χ1n) is 11.4. The molecule has 1 N–H and O–H groups in total. The molecule has 0 saturated heterocycles. The fourth-order valence-corrected chi connectivity index (χ4v) is 6.45. The van der Waals surface area contributed by atoms with E-state index >= 15 is 0 Å². The van der Waals surface area contributed by atoms with Crippen LogP contribution in [0.25, 0.3) is 21.0 Å². The van der Waals surface area contributed by atoms with Crippen LogP contribution in [-0.2, 0) is 11.2 Å². The first-order chi connectivity index (χ1) is 17.2. The summed E-state index contributed by atoms with van der Waals surface area (Å²) in [6.45, 7) is 0.734. The van der Waals surface area contributed by atoms with Gasteiger partial charge in [0.05, 0.1) is 16.0 Å². The fraction of sp³-hybridized carbons (Fsp3) is 0.107. The lowest BCUT2D eigenvalue weighted by atomic mass is 10.0. The molecule has 0 aliphatic carbocycles. The molecular formula is C28H21N3O2S2. The van der Waals surface area contributed by atoms with E-state index in [4.69, 9.17) is 0 Å². The lowest BCUT2D eigenvalue weighted by molar-refractivity contribution is -0.116. The van der Waals surface area contributed by atoms with Crippen LogP contribution in [0.5, 0.6) is 0 Å². The fourth-order valence-electron chi connectivity index (χ4n) is 4.46. The molecule has 1 aromatic heterocycles. The molecule has 5 aromatic rings. The van der Waals surface area contributed by atoms with Crippen molar-refractivity contribution in [2.24, 2.45) is 0 Å². The lowest BCUT2D eigenvalue weighted by Gasteiger charge is -2.16. The van der Waals surface area contributed by atoms with Crippen LogP contribution in [-0.4, -0.2) is 29.1 Å². The average molecular weight is 496 g/mol. The van der Waals surface area contributed by atoms with Crippen molar-refractivity contribution in [3.05, 3.63) is 96.1 Å². The summed E-state index contributed by atoms with van der Waals surface area (Å²) in [5.41, 5.74) is 4.48. The highest BCUT2D eigenvalue weighted by Gasteiger charge is 2.24. The topological polar surface area (TPSA) is 62.3 Å². The Labute approximate surface area is 210 Å². The zero-order chi connectivity index (χ0) is 23.8. The maximum atomic E-state index is 13.0. The predicted molar refractivity (Wildman–Crippen MR) is 145 cm³/mol. The molecule has 2 heterocycles. The minimum Gasteiger partial charge on any atom is -0.322 e. The van der Waals surface area contributed by atoms with E-state index in [1.165, 1.54) is 28.7 Å². The molecule has 35 heavy (non-hydrogen) atoms. The summed E-state index contributed by atoms with van der Waals surface area (Å²) in [6, 6.07) is 27.4. The van der Waals surface area contributed by atoms with Gasteiger partial charge in [-0.2, -0.15) is 0 Å². The van der Waals surface area contributed by atoms with Gasteiger partial charge in [-0.25, -0.2) is 4.98 Å². The van der Waals surface area contributed by atoms with E-state index in [-0.39, 0.29) is 11.8 Å². The van der Waals surface area contributed by atoms with Crippen LogP contribution >= 0.6 is 23.1 Å². The summed E-state index contributed by atoms with van der Waals surface area (Å²) < 4.78 is 1.82. The van der Waals surface area contributed by atoms with E-state index in [0.717, 1.165) is 49.7 Å². The summed E-state index contributed by atoms with van der Waals surface area (Å²) in [7, 11) is 0. The molecule has 4 aromatic carbocycles. The van der Waals surface area contributed by atoms with E-state index in [9.17, 15) is 9.59 Å². The molecule has 0 bridgehead atoms. The zero-order valence-corrected chi connectivity index (χ0v) is 20.4. The second-order valence-corrected chi connectivity index (χ2v) is 10.6. The number of rotatable bonds is 5. The van der Waals surface area contributed by atoms with E-state index in [1.807, 2.05) is 83.8 Å². The van der Waals surface area contributed by atoms with Crippen molar-refractivity contribution < 1.29 is 9.59 Å². The SMILES string of the molecule is O=C(Nc1ccc2nc(SCC(=O)N3CCc4ccccc43)sc2c1)c1cccc2ccccc12. The number of thioether (sulfide) groups is 1. The normalized spacial score (nSPS) is 12.7. The summed E-state index contributed by atoms with van der Waals surface area (Å²) in [4.78, 5) is 32.4. The molecule has 0 saturated carbocycles. The van der Waals surface area contributed by atoms with Gasteiger partial charge in [0.1, 0.15) is 0 Å². The van der Waals surface area contributed by atoms with Gasteiger partial charge in [0.25, 0.3) is 5.91 Å². The van der Waals surface area contributed by atoms with Gasteiger partial charge >= 0.3 is 0 Å². The number of carbonyl (C=O) groups excluding carboxylic acids is 2. The molecule has 0 radical (unpaired) electrons. The number of hydrogen-bond donors (Lipinski definition) is 1. The van der Waals surface area contributed by atoms with Crippen LogP contribution < -0.4 is 10.2 Å². The van der Waals surface area contributed by atoms with E-state index in [2.05, 4.69) is 16.4 Å². The third kappa shape index (κ3) is 4.29. The first kappa shape index (κ1) is 21.8. The van der Waals surface area contributed by atoms with Crippen molar-refractivity contribution in [2.45, 2.75) is 10.8 Å². The van der Waals surface area contributed by atoms with Gasteiger partial charge in [0, 0.05) is 23.5 Å². The van der Waals surface area contributed by atoms with Crippen molar-refractivity contribution in [3.8, 4) is 0 Å². The molecule has 5 nitrogen and oxygen atoms in total. The van der Waals surface area contributed by atoms with Gasteiger partial charge in [0.15, 0.2) is 4.34 Å². The Morgan fingerprint density at radius 2 is 1.80 bits per heavy atom. The number of benzene rings is 4. The van der Waals surface area contributed by atoms with Gasteiger partial charge in [-0.1, -0.05) is 66.4 Å². The second kappa shape index (κ2) is 9.17. The molecule has 1 aliphatic heterocycles. The second-order valence-electron chi connectivity index (χ2n) is 8.36.